The number of aromatic nitrogens is 3. The Morgan fingerprint density at radius 1 is 1.36 bits per heavy atom. The molecule has 0 fully saturated rings. The molecule has 1 aromatic heterocycles. The molecule has 2 aromatic rings. The highest BCUT2D eigenvalue weighted by Gasteiger charge is 2.01. The van der Waals surface area contributed by atoms with Gasteiger partial charge in [-0.2, -0.15) is 0 Å². The number of nitrogens with two attached hydrogens (primary N) is 1. The van der Waals surface area contributed by atoms with Crippen molar-refractivity contribution in [2.24, 2.45) is 0 Å². The molecule has 0 radical (unpaired) electrons. The second kappa shape index (κ2) is 3.79. The van der Waals surface area contributed by atoms with Crippen molar-refractivity contribution in [3.05, 3.63) is 40.5 Å². The molecule has 14 heavy (non-hydrogen) atoms. The first kappa shape index (κ1) is 9.21. The standard InChI is InChI=1S/C9H9BrN4/c10-8-4-2-1-3-7(8)5-14-6-9(11)12-13-14/h1-4,6H,5,11H2. The summed E-state index contributed by atoms with van der Waals surface area (Å²) in [6, 6.07) is 7.99. The molecule has 0 spiro atoms. The van der Waals surface area contributed by atoms with Gasteiger partial charge in [0.2, 0.25) is 0 Å². The number of benzene rings is 1. The van der Waals surface area contributed by atoms with Gasteiger partial charge in [0, 0.05) is 4.47 Å². The number of rotatable bonds is 2. The van der Waals surface area contributed by atoms with Gasteiger partial charge in [0.1, 0.15) is 0 Å². The number of anilines is 1. The van der Waals surface area contributed by atoms with Crippen molar-refractivity contribution < 1.29 is 0 Å². The SMILES string of the molecule is Nc1cn(Cc2ccccc2Br)nn1. The van der Waals surface area contributed by atoms with Gasteiger partial charge in [0.05, 0.1) is 12.7 Å². The summed E-state index contributed by atoms with van der Waals surface area (Å²) in [7, 11) is 0. The Balaban J connectivity index is 2.23. The number of hydrogen-bond acceptors (Lipinski definition) is 3. The summed E-state index contributed by atoms with van der Waals surface area (Å²) in [5.41, 5.74) is 6.61. The highest BCUT2D eigenvalue weighted by molar-refractivity contribution is 9.10. The Labute approximate surface area is 89.9 Å². The lowest BCUT2D eigenvalue weighted by atomic mass is 10.2. The molecular formula is C9H9BrN4. The highest BCUT2D eigenvalue weighted by atomic mass is 79.9. The second-order valence-electron chi connectivity index (χ2n) is 2.93. The first-order valence-corrected chi connectivity index (χ1v) is 4.94. The highest BCUT2D eigenvalue weighted by Crippen LogP contribution is 2.16. The van der Waals surface area contributed by atoms with E-state index in [0.29, 0.717) is 12.4 Å². The zero-order valence-electron chi connectivity index (χ0n) is 7.39. The average molecular weight is 253 g/mol. The van der Waals surface area contributed by atoms with Crippen molar-refractivity contribution in [2.45, 2.75) is 6.54 Å². The fourth-order valence-corrected chi connectivity index (χ4v) is 1.60. The van der Waals surface area contributed by atoms with E-state index in [9.17, 15) is 0 Å². The van der Waals surface area contributed by atoms with Gasteiger partial charge in [-0.3, -0.25) is 0 Å². The Bertz CT molecular complexity index is 438. The predicted octanol–water partition coefficient (Wildman–Crippen LogP) is 1.67. The van der Waals surface area contributed by atoms with Gasteiger partial charge < -0.3 is 5.73 Å². The molecule has 2 rings (SSSR count). The minimum atomic E-state index is 0.442. The van der Waals surface area contributed by atoms with Crippen molar-refractivity contribution in [3.8, 4) is 0 Å². The molecule has 0 unspecified atom stereocenters. The molecule has 0 saturated carbocycles. The fraction of sp³-hybridized carbons (Fsp3) is 0.111. The molecule has 0 bridgehead atoms. The van der Waals surface area contributed by atoms with E-state index in [1.165, 1.54) is 0 Å². The van der Waals surface area contributed by atoms with Crippen LogP contribution in [0.3, 0.4) is 0 Å². The van der Waals surface area contributed by atoms with Crippen LogP contribution in [0.2, 0.25) is 0 Å². The van der Waals surface area contributed by atoms with Crippen molar-refractivity contribution in [2.75, 3.05) is 5.73 Å². The average Bonchev–Trinajstić information content (AvgIpc) is 2.56. The van der Waals surface area contributed by atoms with Crippen LogP contribution in [0.5, 0.6) is 0 Å². The Morgan fingerprint density at radius 3 is 2.79 bits per heavy atom. The molecule has 0 saturated heterocycles. The molecule has 0 aliphatic heterocycles. The molecule has 1 heterocycles. The molecule has 72 valence electrons. The lowest BCUT2D eigenvalue weighted by Crippen LogP contribution is -2.00. The molecule has 4 nitrogen and oxygen atoms in total. The molecule has 1 aromatic carbocycles. The third kappa shape index (κ3) is 1.93. The lowest BCUT2D eigenvalue weighted by Gasteiger charge is -2.02. The summed E-state index contributed by atoms with van der Waals surface area (Å²) in [6.07, 6.45) is 1.71. The summed E-state index contributed by atoms with van der Waals surface area (Å²) in [6.45, 7) is 0.672. The van der Waals surface area contributed by atoms with E-state index in [0.717, 1.165) is 10.0 Å². The minimum absolute atomic E-state index is 0.442. The van der Waals surface area contributed by atoms with Crippen LogP contribution in [0.25, 0.3) is 0 Å². The smallest absolute Gasteiger partial charge is 0.165 e. The van der Waals surface area contributed by atoms with Gasteiger partial charge in [-0.05, 0) is 11.6 Å². The van der Waals surface area contributed by atoms with Crippen molar-refractivity contribution in [1.29, 1.82) is 0 Å². The van der Waals surface area contributed by atoms with E-state index in [-0.39, 0.29) is 0 Å². The molecule has 2 N–H and O–H groups in total. The summed E-state index contributed by atoms with van der Waals surface area (Å²) < 4.78 is 2.77. The van der Waals surface area contributed by atoms with E-state index in [1.807, 2.05) is 24.3 Å². The van der Waals surface area contributed by atoms with Gasteiger partial charge in [0.25, 0.3) is 0 Å². The maximum absolute atomic E-state index is 5.46. The Kier molecular flexibility index (Phi) is 2.49. The van der Waals surface area contributed by atoms with Gasteiger partial charge in [-0.1, -0.05) is 39.3 Å². The maximum atomic E-state index is 5.46. The topological polar surface area (TPSA) is 56.7 Å². The number of halogens is 1. The quantitative estimate of drug-likeness (QED) is 0.885. The first-order valence-electron chi connectivity index (χ1n) is 4.15. The predicted molar refractivity (Wildman–Crippen MR) is 57.7 cm³/mol. The van der Waals surface area contributed by atoms with Gasteiger partial charge in [-0.25, -0.2) is 4.68 Å². The zero-order valence-corrected chi connectivity index (χ0v) is 8.98. The van der Waals surface area contributed by atoms with E-state index < -0.39 is 0 Å². The third-order valence-electron chi connectivity index (χ3n) is 1.85. The molecule has 0 amide bonds. The molecule has 0 aliphatic carbocycles. The van der Waals surface area contributed by atoms with E-state index in [4.69, 9.17) is 5.73 Å². The van der Waals surface area contributed by atoms with Crippen LogP contribution in [-0.2, 0) is 6.54 Å². The van der Waals surface area contributed by atoms with Gasteiger partial charge in [0.15, 0.2) is 5.82 Å². The molecule has 5 heteroatoms. The summed E-state index contributed by atoms with van der Waals surface area (Å²) in [5, 5.41) is 7.59. The Morgan fingerprint density at radius 2 is 2.14 bits per heavy atom. The largest absolute Gasteiger partial charge is 0.381 e. The summed E-state index contributed by atoms with van der Waals surface area (Å²) in [4.78, 5) is 0. The van der Waals surface area contributed by atoms with Crippen LogP contribution < -0.4 is 5.73 Å². The van der Waals surface area contributed by atoms with Crippen LogP contribution >= 0.6 is 15.9 Å². The number of nitrogens with zero attached hydrogens (tertiary/aromatic N) is 3. The second-order valence-corrected chi connectivity index (χ2v) is 3.79. The number of nitrogen functional groups attached to an aromatic ring is 1. The molecule has 0 atom stereocenters. The fourth-order valence-electron chi connectivity index (χ4n) is 1.19. The first-order chi connectivity index (χ1) is 6.75. The van der Waals surface area contributed by atoms with Crippen LogP contribution in [0.15, 0.2) is 34.9 Å². The third-order valence-corrected chi connectivity index (χ3v) is 2.62. The summed E-state index contributed by atoms with van der Waals surface area (Å²) in [5.74, 6) is 0.442. The monoisotopic (exact) mass is 252 g/mol. The van der Waals surface area contributed by atoms with Crippen LogP contribution in [0, 0.1) is 0 Å². The van der Waals surface area contributed by atoms with E-state index >= 15 is 0 Å². The van der Waals surface area contributed by atoms with Crippen LogP contribution in [0.4, 0.5) is 5.82 Å². The lowest BCUT2D eigenvalue weighted by molar-refractivity contribution is 0.648. The zero-order chi connectivity index (χ0) is 9.97. The van der Waals surface area contributed by atoms with Crippen LogP contribution in [-0.4, -0.2) is 15.0 Å². The van der Waals surface area contributed by atoms with Crippen molar-refractivity contribution in [3.63, 3.8) is 0 Å². The maximum Gasteiger partial charge on any atom is 0.165 e. The van der Waals surface area contributed by atoms with Crippen molar-refractivity contribution >= 4 is 21.7 Å². The van der Waals surface area contributed by atoms with Crippen molar-refractivity contribution in [1.82, 2.24) is 15.0 Å². The van der Waals surface area contributed by atoms with E-state index in [1.54, 1.807) is 10.9 Å². The van der Waals surface area contributed by atoms with Crippen LogP contribution in [0.1, 0.15) is 5.56 Å². The minimum Gasteiger partial charge on any atom is -0.381 e. The van der Waals surface area contributed by atoms with Gasteiger partial charge in [-0.15, -0.1) is 5.10 Å². The van der Waals surface area contributed by atoms with Gasteiger partial charge >= 0.3 is 0 Å². The molecular weight excluding hydrogens is 244 g/mol. The Hall–Kier alpha value is -1.36. The normalized spacial score (nSPS) is 10.4. The molecule has 0 aliphatic rings. The number of hydrogen-bond donors (Lipinski definition) is 1. The summed E-state index contributed by atoms with van der Waals surface area (Å²) >= 11 is 3.47. The van der Waals surface area contributed by atoms with E-state index in [2.05, 4.69) is 26.2 Å².